The maximum atomic E-state index is 13.1. The summed E-state index contributed by atoms with van der Waals surface area (Å²) in [5, 5.41) is 6.92. The molecule has 5 rings (SSSR count). The van der Waals surface area contributed by atoms with Crippen molar-refractivity contribution in [2.24, 2.45) is 0 Å². The van der Waals surface area contributed by atoms with Gasteiger partial charge >= 0.3 is 6.03 Å². The zero-order valence-electron chi connectivity index (χ0n) is 19.4. The van der Waals surface area contributed by atoms with Crippen LogP contribution in [0.15, 0.2) is 41.6 Å². The van der Waals surface area contributed by atoms with Gasteiger partial charge in [-0.15, -0.1) is 0 Å². The Morgan fingerprint density at radius 2 is 2.09 bits per heavy atom. The molecule has 35 heavy (non-hydrogen) atoms. The Bertz CT molecular complexity index is 1390. The van der Waals surface area contributed by atoms with E-state index < -0.39 is 15.9 Å². The third-order valence-electron chi connectivity index (χ3n) is 6.21. The van der Waals surface area contributed by atoms with Gasteiger partial charge in [0, 0.05) is 25.1 Å². The number of anilines is 1. The van der Waals surface area contributed by atoms with Gasteiger partial charge in [0.2, 0.25) is 11.8 Å². The first kappa shape index (κ1) is 23.1. The molecule has 12 heteroatoms. The van der Waals surface area contributed by atoms with Gasteiger partial charge < -0.3 is 19.5 Å². The lowest BCUT2D eigenvalue weighted by molar-refractivity contribution is 0.0165. The van der Waals surface area contributed by atoms with Gasteiger partial charge in [-0.2, -0.15) is 5.10 Å². The van der Waals surface area contributed by atoms with Crippen LogP contribution in [-0.2, 0) is 34.0 Å². The highest BCUT2D eigenvalue weighted by Gasteiger charge is 2.29. The first-order chi connectivity index (χ1) is 16.9. The molecule has 2 aromatic heterocycles. The normalized spacial score (nSPS) is 18.1. The number of hydrogen-bond acceptors (Lipinski definition) is 8. The molecule has 0 unspecified atom stereocenters. The van der Waals surface area contributed by atoms with Gasteiger partial charge in [0.15, 0.2) is 9.92 Å². The van der Waals surface area contributed by atoms with E-state index in [1.807, 2.05) is 24.3 Å². The number of rotatable bonds is 6. The number of carbonyl (C=O) groups is 1. The first-order valence-corrected chi connectivity index (χ1v) is 12.7. The molecular weight excluding hydrogens is 472 g/mol. The van der Waals surface area contributed by atoms with Crippen LogP contribution >= 0.6 is 0 Å². The highest BCUT2D eigenvalue weighted by atomic mass is 32.2. The molecule has 0 fully saturated rings. The minimum Gasteiger partial charge on any atom is -0.481 e. The van der Waals surface area contributed by atoms with Crippen LogP contribution < -0.4 is 19.5 Å². The molecule has 11 nitrogen and oxygen atoms in total. The van der Waals surface area contributed by atoms with Gasteiger partial charge in [-0.05, 0) is 53.6 Å². The fraction of sp³-hybridized carbons (Fsp3) is 0.348. The van der Waals surface area contributed by atoms with Crippen molar-refractivity contribution in [3.05, 3.63) is 47.8 Å². The van der Waals surface area contributed by atoms with Crippen molar-refractivity contribution in [2.45, 2.75) is 36.8 Å². The van der Waals surface area contributed by atoms with Crippen LogP contribution in [0.5, 0.6) is 11.8 Å². The van der Waals surface area contributed by atoms with Crippen LogP contribution in [0.2, 0.25) is 0 Å². The lowest BCUT2D eigenvalue weighted by Gasteiger charge is -2.23. The maximum Gasteiger partial charge on any atom is 0.331 e. The standard InChI is InChI=1S/C23H26N6O5S/c1-32-15-12-29-22(34-13-15)20(11-26-29)35(24,31)28-23(30)27-19-7-6-16(17-4-3-5-18(17)19)14-8-9-25-21(10-14)33-2/h6-11,15H,3-5,12-13H2,1-2H3,(H3,24,27,28,30,31)/t15-,35+/m0/s1. The molecule has 0 saturated carbocycles. The number of aromatic nitrogens is 3. The molecule has 2 amide bonds. The summed E-state index contributed by atoms with van der Waals surface area (Å²) >= 11 is 0. The minimum atomic E-state index is -3.71. The van der Waals surface area contributed by atoms with Crippen LogP contribution in [0, 0.1) is 4.78 Å². The summed E-state index contributed by atoms with van der Waals surface area (Å²) in [6.45, 7) is 0.661. The van der Waals surface area contributed by atoms with Gasteiger partial charge in [0.05, 0.1) is 19.9 Å². The monoisotopic (exact) mass is 498 g/mol. The van der Waals surface area contributed by atoms with Crippen LogP contribution in [-0.4, -0.2) is 51.9 Å². The fourth-order valence-corrected chi connectivity index (χ4v) is 5.53. The molecule has 2 aliphatic rings. The number of urea groups is 1. The summed E-state index contributed by atoms with van der Waals surface area (Å²) in [5.41, 5.74) is 4.86. The Hall–Kier alpha value is -3.64. The van der Waals surface area contributed by atoms with Crippen molar-refractivity contribution < 1.29 is 23.2 Å². The zero-order valence-corrected chi connectivity index (χ0v) is 20.2. The molecule has 3 heterocycles. The molecule has 2 atom stereocenters. The SMILES string of the molecule is COc1cc(-c2ccc(NC(=O)N[S@@](=N)(=O)c3cnn4c3OC[C@@H](OC)C4)c3c2CCC3)ccn1. The van der Waals surface area contributed by atoms with Gasteiger partial charge in [-0.3, -0.25) is 0 Å². The molecule has 0 radical (unpaired) electrons. The highest BCUT2D eigenvalue weighted by Crippen LogP contribution is 2.37. The van der Waals surface area contributed by atoms with E-state index in [0.29, 0.717) is 18.1 Å². The number of hydrogen-bond donors (Lipinski definition) is 3. The smallest absolute Gasteiger partial charge is 0.331 e. The van der Waals surface area contributed by atoms with E-state index in [-0.39, 0.29) is 23.5 Å². The van der Waals surface area contributed by atoms with E-state index in [9.17, 15) is 9.00 Å². The lowest BCUT2D eigenvalue weighted by atomic mass is 9.96. The summed E-state index contributed by atoms with van der Waals surface area (Å²) < 4.78 is 41.3. The van der Waals surface area contributed by atoms with E-state index >= 15 is 0 Å². The van der Waals surface area contributed by atoms with Crippen molar-refractivity contribution in [3.63, 3.8) is 0 Å². The molecule has 3 N–H and O–H groups in total. The lowest BCUT2D eigenvalue weighted by Crippen LogP contribution is -2.35. The number of nitrogens with zero attached hydrogens (tertiary/aromatic N) is 3. The van der Waals surface area contributed by atoms with Gasteiger partial charge in [0.25, 0.3) is 0 Å². The van der Waals surface area contributed by atoms with Crippen molar-refractivity contribution >= 4 is 21.6 Å². The second-order valence-electron chi connectivity index (χ2n) is 8.34. The number of benzene rings is 1. The zero-order chi connectivity index (χ0) is 24.6. The Morgan fingerprint density at radius 3 is 2.89 bits per heavy atom. The quantitative estimate of drug-likeness (QED) is 0.474. The molecule has 3 aromatic rings. The van der Waals surface area contributed by atoms with E-state index in [0.717, 1.165) is 41.5 Å². The number of nitrogens with one attached hydrogen (secondary N) is 3. The maximum absolute atomic E-state index is 13.1. The average molecular weight is 499 g/mol. The highest BCUT2D eigenvalue weighted by molar-refractivity contribution is 7.91. The third kappa shape index (κ3) is 4.42. The van der Waals surface area contributed by atoms with Gasteiger partial charge in [0.1, 0.15) is 17.6 Å². The molecule has 1 aliphatic heterocycles. The second-order valence-corrected chi connectivity index (χ2v) is 10.1. The van der Waals surface area contributed by atoms with Gasteiger partial charge in [-0.25, -0.2) is 28.2 Å². The van der Waals surface area contributed by atoms with Crippen LogP contribution in [0.3, 0.4) is 0 Å². The number of fused-ring (bicyclic) bond motifs is 2. The van der Waals surface area contributed by atoms with E-state index in [1.165, 1.54) is 10.9 Å². The number of carbonyl (C=O) groups excluding carboxylic acids is 1. The number of ether oxygens (including phenoxy) is 3. The summed E-state index contributed by atoms with van der Waals surface area (Å²) in [4.78, 5) is 17.0. The largest absolute Gasteiger partial charge is 0.481 e. The third-order valence-corrected chi connectivity index (χ3v) is 7.58. The predicted octanol–water partition coefficient (Wildman–Crippen LogP) is 2.99. The summed E-state index contributed by atoms with van der Waals surface area (Å²) in [6, 6.07) is 6.85. The molecule has 0 spiro atoms. The van der Waals surface area contributed by atoms with Crippen molar-refractivity contribution in [1.29, 1.82) is 4.78 Å². The number of pyridine rings is 1. The van der Waals surface area contributed by atoms with Crippen molar-refractivity contribution in [3.8, 4) is 22.9 Å². The number of amides is 2. The molecular formula is C23H26N6O5S. The molecule has 184 valence electrons. The Morgan fingerprint density at radius 1 is 1.26 bits per heavy atom. The minimum absolute atomic E-state index is 0.0226. The summed E-state index contributed by atoms with van der Waals surface area (Å²) in [6.07, 6.45) is 5.45. The van der Waals surface area contributed by atoms with Crippen molar-refractivity contribution in [1.82, 2.24) is 19.5 Å². The summed E-state index contributed by atoms with van der Waals surface area (Å²) in [5.74, 6) is 0.738. The fourth-order valence-electron chi connectivity index (χ4n) is 4.51. The topological polar surface area (TPSA) is 140 Å². The molecule has 1 aromatic carbocycles. The van der Waals surface area contributed by atoms with Gasteiger partial charge in [-0.1, -0.05) is 6.07 Å². The van der Waals surface area contributed by atoms with Crippen molar-refractivity contribution in [2.75, 3.05) is 26.1 Å². The van der Waals surface area contributed by atoms with Crippen LogP contribution in [0.4, 0.5) is 10.5 Å². The van der Waals surface area contributed by atoms with Crippen LogP contribution in [0.25, 0.3) is 11.1 Å². The summed E-state index contributed by atoms with van der Waals surface area (Å²) in [7, 11) is -0.559. The van der Waals surface area contributed by atoms with E-state index in [1.54, 1.807) is 20.4 Å². The Kier molecular flexibility index (Phi) is 6.07. The number of methoxy groups -OCH3 is 2. The first-order valence-electron chi connectivity index (χ1n) is 11.1. The second kappa shape index (κ2) is 9.19. The molecule has 0 bridgehead atoms. The molecule has 1 aliphatic carbocycles. The molecule has 0 saturated heterocycles. The Balaban J connectivity index is 1.35. The average Bonchev–Trinajstić information content (AvgIpc) is 3.51. The van der Waals surface area contributed by atoms with Crippen LogP contribution in [0.1, 0.15) is 17.5 Å². The predicted molar refractivity (Wildman–Crippen MR) is 128 cm³/mol. The van der Waals surface area contributed by atoms with E-state index in [4.69, 9.17) is 19.0 Å². The van der Waals surface area contributed by atoms with E-state index in [2.05, 4.69) is 20.1 Å². The Labute approximate surface area is 202 Å².